The quantitative estimate of drug-likeness (QED) is 0.257. The highest BCUT2D eigenvalue weighted by atomic mass is 16.7. The SMILES string of the molecule is C=C1C(C)CC(C)(OC)C(OC2OC(C)CC(N(C)C)C2O)C(C)C(=O)C(C)C(=O)O[C@H](CC)C2(C)OC(=O)N(CC)C2C1C. The summed E-state index contributed by atoms with van der Waals surface area (Å²) in [6.07, 6.45) is -2.97. The molecule has 258 valence electrons. The van der Waals surface area contributed by atoms with E-state index in [9.17, 15) is 19.5 Å². The molecule has 11 heteroatoms. The predicted molar refractivity (Wildman–Crippen MR) is 169 cm³/mol. The number of aliphatic hydroxyl groups is 1. The lowest BCUT2D eigenvalue weighted by atomic mass is 9.72. The van der Waals surface area contributed by atoms with E-state index in [1.54, 1.807) is 18.9 Å². The van der Waals surface area contributed by atoms with E-state index in [1.807, 2.05) is 67.5 Å². The van der Waals surface area contributed by atoms with Gasteiger partial charge in [-0.15, -0.1) is 0 Å². The van der Waals surface area contributed by atoms with Crippen LogP contribution < -0.4 is 0 Å². The molecule has 3 aliphatic heterocycles. The molecule has 0 saturated carbocycles. The number of rotatable bonds is 6. The van der Waals surface area contributed by atoms with Crippen LogP contribution in [-0.2, 0) is 33.3 Å². The fourth-order valence-corrected chi connectivity index (χ4v) is 7.88. The predicted octanol–water partition coefficient (Wildman–Crippen LogP) is 4.20. The number of carbonyl (C=O) groups excluding carboxylic acids is 3. The number of methoxy groups -OCH3 is 1. The molecule has 1 amide bonds. The summed E-state index contributed by atoms with van der Waals surface area (Å²) in [6.45, 7) is 21.6. The number of fused-ring (bicyclic) bond motifs is 1. The van der Waals surface area contributed by atoms with Crippen molar-refractivity contribution in [3.8, 4) is 0 Å². The minimum absolute atomic E-state index is 0.148. The van der Waals surface area contributed by atoms with E-state index in [0.717, 1.165) is 5.57 Å². The molecule has 3 aliphatic rings. The number of aliphatic hydroxyl groups excluding tert-OH is 1. The van der Waals surface area contributed by atoms with Crippen LogP contribution in [-0.4, -0.2) is 114 Å². The van der Waals surface area contributed by atoms with Crippen molar-refractivity contribution < 1.29 is 43.2 Å². The second kappa shape index (κ2) is 14.4. The van der Waals surface area contributed by atoms with Crippen LogP contribution in [0.4, 0.5) is 4.79 Å². The lowest BCUT2D eigenvalue weighted by Crippen LogP contribution is -2.59. The molecule has 0 aliphatic carbocycles. The van der Waals surface area contributed by atoms with Crippen LogP contribution in [0.3, 0.4) is 0 Å². The molecule has 1 N–H and O–H groups in total. The van der Waals surface area contributed by atoms with E-state index in [0.29, 0.717) is 25.8 Å². The van der Waals surface area contributed by atoms with Crippen molar-refractivity contribution >= 4 is 17.8 Å². The van der Waals surface area contributed by atoms with Gasteiger partial charge in [0.05, 0.1) is 23.9 Å². The Morgan fingerprint density at radius 2 is 1.69 bits per heavy atom. The molecule has 0 radical (unpaired) electrons. The van der Waals surface area contributed by atoms with Crippen molar-refractivity contribution in [2.75, 3.05) is 27.7 Å². The lowest BCUT2D eigenvalue weighted by Gasteiger charge is -2.47. The third kappa shape index (κ3) is 7.12. The minimum atomic E-state index is -1.16. The van der Waals surface area contributed by atoms with Crippen LogP contribution in [0.5, 0.6) is 0 Å². The molecular formula is C34H58N2O9. The highest BCUT2D eigenvalue weighted by Crippen LogP contribution is 2.45. The molecule has 3 heterocycles. The Morgan fingerprint density at radius 3 is 2.22 bits per heavy atom. The Labute approximate surface area is 269 Å². The van der Waals surface area contributed by atoms with Gasteiger partial charge in [-0.2, -0.15) is 0 Å². The number of carbonyl (C=O) groups is 3. The average molecular weight is 639 g/mol. The zero-order valence-corrected chi connectivity index (χ0v) is 29.5. The fourth-order valence-electron chi connectivity index (χ4n) is 7.88. The number of likely N-dealkylation sites (N-methyl/N-ethyl adjacent to an activating group) is 2. The number of ketones is 1. The highest BCUT2D eigenvalue weighted by Gasteiger charge is 2.59. The molecule has 13 atom stereocenters. The van der Waals surface area contributed by atoms with Gasteiger partial charge < -0.3 is 38.6 Å². The average Bonchev–Trinajstić information content (AvgIpc) is 3.26. The molecule has 3 fully saturated rings. The summed E-state index contributed by atoms with van der Waals surface area (Å²) in [4.78, 5) is 44.5. The van der Waals surface area contributed by atoms with Crippen molar-refractivity contribution in [1.82, 2.24) is 9.80 Å². The molecule has 3 rings (SSSR count). The van der Waals surface area contributed by atoms with Crippen LogP contribution in [0.25, 0.3) is 0 Å². The van der Waals surface area contributed by atoms with Gasteiger partial charge in [-0.05, 0) is 73.9 Å². The van der Waals surface area contributed by atoms with Crippen molar-refractivity contribution in [2.24, 2.45) is 23.7 Å². The van der Waals surface area contributed by atoms with Gasteiger partial charge in [0, 0.05) is 31.5 Å². The number of cyclic esters (lactones) is 1. The van der Waals surface area contributed by atoms with Gasteiger partial charge >= 0.3 is 12.1 Å². The third-order valence-corrected chi connectivity index (χ3v) is 10.8. The van der Waals surface area contributed by atoms with Crippen LogP contribution in [0.15, 0.2) is 12.2 Å². The molecule has 3 saturated heterocycles. The molecule has 11 nitrogen and oxygen atoms in total. The molecule has 0 aromatic rings. The maximum atomic E-state index is 14.1. The first-order valence-corrected chi connectivity index (χ1v) is 16.5. The van der Waals surface area contributed by atoms with Crippen LogP contribution in [0.1, 0.15) is 81.6 Å². The van der Waals surface area contributed by atoms with E-state index in [1.165, 1.54) is 6.92 Å². The normalized spacial score (nSPS) is 44.0. The number of hydrogen-bond acceptors (Lipinski definition) is 10. The van der Waals surface area contributed by atoms with Gasteiger partial charge in [0.15, 0.2) is 17.7 Å². The summed E-state index contributed by atoms with van der Waals surface area (Å²) in [5.74, 6) is -3.45. The standard InChI is InChI=1S/C34H58N2O9/c1-14-25-34(10)28(36(15-2)32(40)45-34)21(6)20(5)18(3)17-33(9,41-13)29(22(7)26(37)23(8)30(39)43-25)44-31-27(38)24(35(11)12)16-19(4)42-31/h18-19,21-25,27-29,31,38H,5,14-17H2,1-4,6-13H3/t18?,19?,21?,22?,23?,24?,25-,27?,28?,29?,31?,33?,34?/m1/s1. The topological polar surface area (TPSA) is 124 Å². The highest BCUT2D eigenvalue weighted by molar-refractivity contribution is 6.00. The molecule has 0 spiro atoms. The zero-order valence-electron chi connectivity index (χ0n) is 29.5. The van der Waals surface area contributed by atoms with Gasteiger partial charge in [0.25, 0.3) is 0 Å². The summed E-state index contributed by atoms with van der Waals surface area (Å²) in [5.41, 5.74) is -1.36. The molecule has 0 aromatic carbocycles. The number of ether oxygens (including phenoxy) is 5. The molecule has 12 unspecified atom stereocenters. The van der Waals surface area contributed by atoms with E-state index in [2.05, 4.69) is 6.58 Å². The Balaban J connectivity index is 2.13. The van der Waals surface area contributed by atoms with Crippen LogP contribution >= 0.6 is 0 Å². The van der Waals surface area contributed by atoms with E-state index in [4.69, 9.17) is 23.7 Å². The van der Waals surface area contributed by atoms with Crippen molar-refractivity contribution in [3.63, 3.8) is 0 Å². The summed E-state index contributed by atoms with van der Waals surface area (Å²) in [5, 5.41) is 11.3. The van der Waals surface area contributed by atoms with E-state index in [-0.39, 0.29) is 29.8 Å². The van der Waals surface area contributed by atoms with E-state index < -0.39 is 65.7 Å². The summed E-state index contributed by atoms with van der Waals surface area (Å²) < 4.78 is 31.0. The molecule has 0 aromatic heterocycles. The second-order valence-electron chi connectivity index (χ2n) is 14.1. The minimum Gasteiger partial charge on any atom is -0.458 e. The van der Waals surface area contributed by atoms with Gasteiger partial charge in [-0.1, -0.05) is 39.8 Å². The number of esters is 1. The first-order valence-electron chi connectivity index (χ1n) is 16.5. The summed E-state index contributed by atoms with van der Waals surface area (Å²) in [7, 11) is 5.37. The largest absolute Gasteiger partial charge is 0.458 e. The van der Waals surface area contributed by atoms with Crippen molar-refractivity contribution in [2.45, 2.75) is 136 Å². The monoisotopic (exact) mass is 638 g/mol. The number of nitrogens with zero attached hydrogens (tertiary/aromatic N) is 2. The number of hydrogen-bond donors (Lipinski definition) is 1. The first-order chi connectivity index (χ1) is 20.9. The maximum Gasteiger partial charge on any atom is 0.410 e. The summed E-state index contributed by atoms with van der Waals surface area (Å²) in [6, 6.07) is -0.685. The van der Waals surface area contributed by atoms with Gasteiger partial charge in [-0.3, -0.25) is 9.59 Å². The number of amides is 1. The maximum absolute atomic E-state index is 14.1. The van der Waals surface area contributed by atoms with Gasteiger partial charge in [0.2, 0.25) is 0 Å². The molecular weight excluding hydrogens is 580 g/mol. The Hall–Kier alpha value is -2.05. The van der Waals surface area contributed by atoms with Gasteiger partial charge in [-0.25, -0.2) is 4.79 Å². The molecule has 45 heavy (non-hydrogen) atoms. The fraction of sp³-hybridized carbons (Fsp3) is 0.853. The Kier molecular flexibility index (Phi) is 12.0. The molecule has 0 bridgehead atoms. The zero-order chi connectivity index (χ0) is 34.2. The lowest BCUT2D eigenvalue weighted by molar-refractivity contribution is -0.295. The summed E-state index contributed by atoms with van der Waals surface area (Å²) >= 11 is 0. The Morgan fingerprint density at radius 1 is 1.07 bits per heavy atom. The number of Topliss-reactive ketones (excluding diaryl/α,β-unsaturated/α-hetero) is 1. The van der Waals surface area contributed by atoms with Crippen LogP contribution in [0.2, 0.25) is 0 Å². The smallest absolute Gasteiger partial charge is 0.410 e. The Bertz CT molecular complexity index is 1100. The third-order valence-electron chi connectivity index (χ3n) is 10.8. The van der Waals surface area contributed by atoms with Gasteiger partial charge in [0.1, 0.15) is 18.1 Å². The first kappa shape index (κ1) is 37.4. The van der Waals surface area contributed by atoms with E-state index >= 15 is 0 Å². The van der Waals surface area contributed by atoms with Crippen molar-refractivity contribution in [1.29, 1.82) is 0 Å². The van der Waals surface area contributed by atoms with Crippen LogP contribution in [0, 0.1) is 23.7 Å². The van der Waals surface area contributed by atoms with Crippen molar-refractivity contribution in [3.05, 3.63) is 12.2 Å². The second-order valence-corrected chi connectivity index (χ2v) is 14.1.